The van der Waals surface area contributed by atoms with E-state index in [-0.39, 0.29) is 24.8 Å². The fourth-order valence-corrected chi connectivity index (χ4v) is 3.38. The molecule has 0 unspecified atom stereocenters. The average Bonchev–Trinajstić information content (AvgIpc) is 2.75. The predicted molar refractivity (Wildman–Crippen MR) is 128 cm³/mol. The van der Waals surface area contributed by atoms with Gasteiger partial charge < -0.3 is 24.0 Å². The molecule has 1 fully saturated rings. The normalized spacial score (nSPS) is 13.5. The zero-order valence-electron chi connectivity index (χ0n) is 18.4. The molecule has 1 saturated heterocycles. The summed E-state index contributed by atoms with van der Waals surface area (Å²) in [7, 11) is 6.59. The Balaban J connectivity index is 0.00000240. The molecule has 7 nitrogen and oxygen atoms in total. The Bertz CT molecular complexity index is 843. The summed E-state index contributed by atoms with van der Waals surface area (Å²) in [6, 6.07) is 13.8. The van der Waals surface area contributed by atoms with Crippen LogP contribution >= 0.6 is 24.8 Å². The summed E-state index contributed by atoms with van der Waals surface area (Å²) in [5, 5.41) is 0. The van der Waals surface area contributed by atoms with Gasteiger partial charge in [0.15, 0.2) is 11.5 Å². The van der Waals surface area contributed by atoms with Crippen LogP contribution in [0.3, 0.4) is 0 Å². The molecule has 3 rings (SSSR count). The minimum Gasteiger partial charge on any atom is -0.495 e. The van der Waals surface area contributed by atoms with Crippen LogP contribution in [0.5, 0.6) is 17.2 Å². The van der Waals surface area contributed by atoms with Gasteiger partial charge in [-0.2, -0.15) is 0 Å². The average molecular weight is 472 g/mol. The van der Waals surface area contributed by atoms with E-state index in [2.05, 4.69) is 15.9 Å². The van der Waals surface area contributed by atoms with Crippen molar-refractivity contribution in [3.63, 3.8) is 0 Å². The molecule has 0 saturated carbocycles. The Morgan fingerprint density at radius 1 is 0.903 bits per heavy atom. The monoisotopic (exact) mass is 471 g/mol. The maximum absolute atomic E-state index is 11.8. The molecule has 0 spiro atoms. The number of amides is 1. The van der Waals surface area contributed by atoms with Crippen LogP contribution in [-0.2, 0) is 6.54 Å². The fourth-order valence-electron chi connectivity index (χ4n) is 3.38. The van der Waals surface area contributed by atoms with Crippen molar-refractivity contribution in [1.29, 1.82) is 0 Å². The topological polar surface area (TPSA) is 54.5 Å². The maximum atomic E-state index is 11.8. The summed E-state index contributed by atoms with van der Waals surface area (Å²) >= 11 is 0. The van der Waals surface area contributed by atoms with E-state index in [0.29, 0.717) is 11.5 Å². The molecule has 1 amide bonds. The lowest BCUT2D eigenvalue weighted by atomic mass is 10.1. The third-order valence-electron chi connectivity index (χ3n) is 4.99. The Kier molecular flexibility index (Phi) is 10.8. The minimum absolute atomic E-state index is 0. The molecule has 9 heteroatoms. The predicted octanol–water partition coefficient (Wildman–Crippen LogP) is 3.93. The smallest absolute Gasteiger partial charge is 0.414 e. The van der Waals surface area contributed by atoms with Gasteiger partial charge in [0.25, 0.3) is 0 Å². The van der Waals surface area contributed by atoms with E-state index < -0.39 is 6.09 Å². The largest absolute Gasteiger partial charge is 0.495 e. The van der Waals surface area contributed by atoms with Crippen LogP contribution in [0.4, 0.5) is 10.5 Å². The Morgan fingerprint density at radius 2 is 1.55 bits per heavy atom. The Hall–Kier alpha value is -2.35. The summed E-state index contributed by atoms with van der Waals surface area (Å²) in [6.45, 7) is 4.61. The van der Waals surface area contributed by atoms with E-state index in [9.17, 15) is 4.79 Å². The van der Waals surface area contributed by atoms with Crippen LogP contribution in [0.1, 0.15) is 5.56 Å². The van der Waals surface area contributed by atoms with E-state index in [1.165, 1.54) is 4.90 Å². The fraction of sp³-hybridized carbons (Fsp3) is 0.409. The summed E-state index contributed by atoms with van der Waals surface area (Å²) in [6.07, 6.45) is -0.427. The summed E-state index contributed by atoms with van der Waals surface area (Å²) in [5.41, 5.74) is 2.26. The van der Waals surface area contributed by atoms with Crippen molar-refractivity contribution in [2.75, 3.05) is 59.4 Å². The van der Waals surface area contributed by atoms with E-state index in [4.69, 9.17) is 14.2 Å². The summed E-state index contributed by atoms with van der Waals surface area (Å²) in [4.78, 5) is 18.0. The van der Waals surface area contributed by atoms with Gasteiger partial charge in [0.05, 0.1) is 19.9 Å². The molecule has 2 aromatic rings. The molecular weight excluding hydrogens is 441 g/mol. The molecular formula is C22H31Cl2N3O4. The number of halogens is 2. The number of carbonyl (C=O) groups is 1. The van der Waals surface area contributed by atoms with E-state index in [0.717, 1.165) is 49.7 Å². The molecule has 0 bridgehead atoms. The lowest BCUT2D eigenvalue weighted by molar-refractivity contribution is 0.170. The number of methoxy groups -OCH3 is 2. The lowest BCUT2D eigenvalue weighted by Crippen LogP contribution is -2.46. The molecule has 2 aromatic carbocycles. The zero-order chi connectivity index (χ0) is 20.8. The molecule has 0 aliphatic carbocycles. The van der Waals surface area contributed by atoms with Gasteiger partial charge in [-0.05, 0) is 29.8 Å². The van der Waals surface area contributed by atoms with Gasteiger partial charge in [-0.25, -0.2) is 4.79 Å². The van der Waals surface area contributed by atoms with Gasteiger partial charge in [-0.15, -0.1) is 24.8 Å². The highest BCUT2D eigenvalue weighted by molar-refractivity contribution is 5.85. The van der Waals surface area contributed by atoms with Crippen LogP contribution in [0.15, 0.2) is 42.5 Å². The van der Waals surface area contributed by atoms with Gasteiger partial charge in [0.1, 0.15) is 5.75 Å². The quantitative estimate of drug-likeness (QED) is 0.635. The molecule has 1 aliphatic rings. The first-order valence-electron chi connectivity index (χ1n) is 9.68. The van der Waals surface area contributed by atoms with Gasteiger partial charge in [0, 0.05) is 46.8 Å². The molecule has 31 heavy (non-hydrogen) atoms. The maximum Gasteiger partial charge on any atom is 0.414 e. The third-order valence-corrected chi connectivity index (χ3v) is 4.99. The van der Waals surface area contributed by atoms with Crippen LogP contribution in [0.25, 0.3) is 0 Å². The highest BCUT2D eigenvalue weighted by atomic mass is 35.5. The Labute approximate surface area is 196 Å². The number of anilines is 1. The first-order valence-corrected chi connectivity index (χ1v) is 9.68. The number of benzene rings is 2. The first-order chi connectivity index (χ1) is 14.0. The minimum atomic E-state index is -0.427. The molecule has 0 N–H and O–H groups in total. The molecule has 0 aromatic heterocycles. The second-order valence-electron chi connectivity index (χ2n) is 7.18. The van der Waals surface area contributed by atoms with Crippen LogP contribution in [0.2, 0.25) is 0 Å². The second kappa shape index (κ2) is 12.5. The number of carbonyl (C=O) groups excluding carboxylic acids is 1. The summed E-state index contributed by atoms with van der Waals surface area (Å²) in [5.74, 6) is 1.90. The van der Waals surface area contributed by atoms with Crippen molar-refractivity contribution >= 4 is 36.6 Å². The highest BCUT2D eigenvalue weighted by Crippen LogP contribution is 2.30. The second-order valence-corrected chi connectivity index (χ2v) is 7.18. The van der Waals surface area contributed by atoms with Crippen molar-refractivity contribution in [3.05, 3.63) is 48.0 Å². The lowest BCUT2D eigenvalue weighted by Gasteiger charge is -2.36. The van der Waals surface area contributed by atoms with E-state index >= 15 is 0 Å². The van der Waals surface area contributed by atoms with Crippen molar-refractivity contribution in [3.8, 4) is 17.2 Å². The number of hydrogen-bond donors (Lipinski definition) is 0. The van der Waals surface area contributed by atoms with Crippen molar-refractivity contribution in [2.24, 2.45) is 0 Å². The third kappa shape index (κ3) is 6.82. The van der Waals surface area contributed by atoms with Crippen LogP contribution in [0, 0.1) is 0 Å². The number of hydrogen-bond acceptors (Lipinski definition) is 6. The molecule has 0 radical (unpaired) electrons. The van der Waals surface area contributed by atoms with E-state index in [1.807, 2.05) is 30.3 Å². The molecule has 1 aliphatic heterocycles. The number of para-hydroxylation sites is 2. The van der Waals surface area contributed by atoms with Gasteiger partial charge >= 0.3 is 6.09 Å². The van der Waals surface area contributed by atoms with Crippen LogP contribution in [-0.4, -0.2) is 70.4 Å². The zero-order valence-corrected chi connectivity index (χ0v) is 20.0. The van der Waals surface area contributed by atoms with Gasteiger partial charge in [0.2, 0.25) is 0 Å². The number of rotatable bonds is 6. The number of piperazine rings is 1. The number of nitrogens with zero attached hydrogens (tertiary/aromatic N) is 3. The molecule has 172 valence electrons. The Morgan fingerprint density at radius 3 is 2.16 bits per heavy atom. The van der Waals surface area contributed by atoms with Crippen LogP contribution < -0.4 is 19.1 Å². The number of ether oxygens (including phenoxy) is 3. The molecule has 0 atom stereocenters. The summed E-state index contributed by atoms with van der Waals surface area (Å²) < 4.78 is 16.3. The van der Waals surface area contributed by atoms with Crippen molar-refractivity contribution in [2.45, 2.75) is 6.54 Å². The van der Waals surface area contributed by atoms with Crippen molar-refractivity contribution < 1.29 is 19.0 Å². The first kappa shape index (κ1) is 26.7. The van der Waals surface area contributed by atoms with Gasteiger partial charge in [-0.3, -0.25) is 4.90 Å². The van der Waals surface area contributed by atoms with Crippen molar-refractivity contribution in [1.82, 2.24) is 9.80 Å². The van der Waals surface area contributed by atoms with Gasteiger partial charge in [-0.1, -0.05) is 18.2 Å². The van der Waals surface area contributed by atoms with E-state index in [1.54, 1.807) is 34.4 Å². The SMILES string of the molecule is COc1cc(CN2CCN(c3ccccc3OC)CC2)ccc1OC(=O)N(C)C.Cl.Cl. The highest BCUT2D eigenvalue weighted by Gasteiger charge is 2.20. The standard InChI is InChI=1S/C22H29N3O4.2ClH/c1-23(2)22(26)29-20-10-9-17(15-21(20)28-4)16-24-11-13-25(14-12-24)18-7-5-6-8-19(18)27-3;;/h5-10,15H,11-14,16H2,1-4H3;2*1H. The molecule has 1 heterocycles.